The highest BCUT2D eigenvalue weighted by atomic mass is 32.2. The number of piperazine rings is 1. The van der Waals surface area contributed by atoms with E-state index in [1.54, 1.807) is 25.1 Å². The molecule has 2 aromatic rings. The van der Waals surface area contributed by atoms with Crippen LogP contribution >= 0.6 is 0 Å². The summed E-state index contributed by atoms with van der Waals surface area (Å²) in [6.45, 7) is 7.01. The summed E-state index contributed by atoms with van der Waals surface area (Å²) in [6.07, 6.45) is -4.39. The SMILES string of the molecule is Cc1ccc(S(=O)(=O)N2[C@H](C)CN(CCc3ccc(OC(F)(F)F)cc3)C[C@@H]2C)cc1CC(=O)O. The number of hydrogen-bond donors (Lipinski definition) is 1. The van der Waals surface area contributed by atoms with Crippen LogP contribution in [0.15, 0.2) is 47.4 Å². The number of aryl methyl sites for hydroxylation is 1. The van der Waals surface area contributed by atoms with Crippen molar-refractivity contribution < 1.29 is 36.2 Å². The average molecular weight is 515 g/mol. The van der Waals surface area contributed by atoms with Gasteiger partial charge in [-0.2, -0.15) is 4.31 Å². The third-order valence-electron chi connectivity index (χ3n) is 6.03. The molecule has 192 valence electrons. The fourth-order valence-electron chi connectivity index (χ4n) is 4.50. The third kappa shape index (κ3) is 6.96. The molecule has 1 N–H and O–H groups in total. The molecule has 1 heterocycles. The quantitative estimate of drug-likeness (QED) is 0.576. The van der Waals surface area contributed by atoms with Gasteiger partial charge >= 0.3 is 12.3 Å². The lowest BCUT2D eigenvalue weighted by molar-refractivity contribution is -0.274. The number of aliphatic carboxylic acids is 1. The van der Waals surface area contributed by atoms with Crippen molar-refractivity contribution in [2.24, 2.45) is 0 Å². The van der Waals surface area contributed by atoms with Gasteiger partial charge in [0.1, 0.15) is 5.75 Å². The largest absolute Gasteiger partial charge is 0.573 e. The van der Waals surface area contributed by atoms with Gasteiger partial charge in [0.05, 0.1) is 11.3 Å². The molecule has 0 aromatic heterocycles. The topological polar surface area (TPSA) is 87.2 Å². The molecule has 0 radical (unpaired) electrons. The van der Waals surface area contributed by atoms with Crippen molar-refractivity contribution in [2.45, 2.75) is 57.0 Å². The van der Waals surface area contributed by atoms with Crippen LogP contribution in [0.5, 0.6) is 5.75 Å². The first-order chi connectivity index (χ1) is 16.3. The zero-order chi connectivity index (χ0) is 26.0. The molecule has 35 heavy (non-hydrogen) atoms. The van der Waals surface area contributed by atoms with Gasteiger partial charge in [-0.05, 0) is 68.1 Å². The molecule has 2 atom stereocenters. The molecular formula is C24H29F3N2O5S. The Morgan fingerprint density at radius 2 is 1.69 bits per heavy atom. The lowest BCUT2D eigenvalue weighted by atomic mass is 10.1. The predicted octanol–water partition coefficient (Wildman–Crippen LogP) is 3.85. The summed E-state index contributed by atoms with van der Waals surface area (Å²) < 4.78 is 69.2. The Bertz CT molecular complexity index is 1140. The number of halogens is 3. The molecule has 0 unspecified atom stereocenters. The predicted molar refractivity (Wildman–Crippen MR) is 124 cm³/mol. The molecule has 1 aliphatic rings. The highest BCUT2D eigenvalue weighted by Gasteiger charge is 2.38. The number of sulfonamides is 1. The maximum Gasteiger partial charge on any atom is 0.573 e. The first-order valence-electron chi connectivity index (χ1n) is 11.2. The second-order valence-electron chi connectivity index (χ2n) is 8.89. The van der Waals surface area contributed by atoms with Gasteiger partial charge in [-0.3, -0.25) is 9.69 Å². The van der Waals surface area contributed by atoms with E-state index in [0.717, 1.165) is 11.1 Å². The fourth-order valence-corrected chi connectivity index (χ4v) is 6.36. The molecule has 0 aliphatic carbocycles. The molecular weight excluding hydrogens is 485 g/mol. The van der Waals surface area contributed by atoms with E-state index in [4.69, 9.17) is 5.11 Å². The van der Waals surface area contributed by atoms with Crippen LogP contribution in [0.25, 0.3) is 0 Å². The summed E-state index contributed by atoms with van der Waals surface area (Å²) in [5, 5.41) is 9.12. The number of ether oxygens (including phenoxy) is 1. The molecule has 11 heteroatoms. The Labute approximate surface area is 203 Å². The second-order valence-corrected chi connectivity index (χ2v) is 10.7. The number of alkyl halides is 3. The minimum absolute atomic E-state index is 0.0765. The Morgan fingerprint density at radius 3 is 2.23 bits per heavy atom. The molecule has 0 saturated carbocycles. The van der Waals surface area contributed by atoms with E-state index in [-0.39, 0.29) is 29.1 Å². The highest BCUT2D eigenvalue weighted by molar-refractivity contribution is 7.89. The van der Waals surface area contributed by atoms with Crippen molar-refractivity contribution in [3.05, 3.63) is 59.2 Å². The summed E-state index contributed by atoms with van der Waals surface area (Å²) in [6, 6.07) is 9.65. The molecule has 3 rings (SSSR count). The van der Waals surface area contributed by atoms with Crippen molar-refractivity contribution in [3.8, 4) is 5.75 Å². The lowest BCUT2D eigenvalue weighted by Gasteiger charge is -2.43. The first kappa shape index (κ1) is 27.0. The summed E-state index contributed by atoms with van der Waals surface area (Å²) in [4.78, 5) is 13.4. The normalized spacial score (nSPS) is 20.1. The molecule has 2 aromatic carbocycles. The van der Waals surface area contributed by atoms with Gasteiger partial charge in [-0.1, -0.05) is 18.2 Å². The Morgan fingerprint density at radius 1 is 1.09 bits per heavy atom. The number of carboxylic acids is 1. The fraction of sp³-hybridized carbons (Fsp3) is 0.458. The van der Waals surface area contributed by atoms with Crippen LogP contribution < -0.4 is 4.74 Å². The Hall–Kier alpha value is -2.63. The van der Waals surface area contributed by atoms with Crippen LogP contribution in [-0.2, 0) is 27.7 Å². The molecule has 0 bridgehead atoms. The summed E-state index contributed by atoms with van der Waals surface area (Å²) in [7, 11) is -3.84. The standard InChI is InChI=1S/C24H29F3N2O5S/c1-16-4-9-22(12-20(16)13-23(30)31)35(32,33)29-17(2)14-28(15-18(29)3)11-10-19-5-7-21(8-6-19)34-24(25,26)27/h4-9,12,17-18H,10-11,13-15H2,1-3H3,(H,30,31)/t17-,18+. The van der Waals surface area contributed by atoms with Crippen molar-refractivity contribution in [2.75, 3.05) is 19.6 Å². The van der Waals surface area contributed by atoms with Gasteiger partial charge < -0.3 is 9.84 Å². The van der Waals surface area contributed by atoms with E-state index >= 15 is 0 Å². The Kier molecular flexibility index (Phi) is 8.13. The highest BCUT2D eigenvalue weighted by Crippen LogP contribution is 2.27. The number of hydrogen-bond acceptors (Lipinski definition) is 5. The minimum atomic E-state index is -4.73. The van der Waals surface area contributed by atoms with Gasteiger partial charge in [0.25, 0.3) is 0 Å². The number of carboxylic acid groups (broad SMARTS) is 1. The van der Waals surface area contributed by atoms with Crippen LogP contribution in [0.3, 0.4) is 0 Å². The maximum absolute atomic E-state index is 13.4. The summed E-state index contributed by atoms with van der Waals surface area (Å²) >= 11 is 0. The van der Waals surface area contributed by atoms with Crippen molar-refractivity contribution >= 4 is 16.0 Å². The van der Waals surface area contributed by atoms with Crippen LogP contribution in [0.2, 0.25) is 0 Å². The molecule has 1 saturated heterocycles. The summed E-state index contributed by atoms with van der Waals surface area (Å²) in [5.41, 5.74) is 2.03. The average Bonchev–Trinajstić information content (AvgIpc) is 2.72. The number of rotatable bonds is 8. The van der Waals surface area contributed by atoms with Crippen molar-refractivity contribution in [1.82, 2.24) is 9.21 Å². The van der Waals surface area contributed by atoms with Gasteiger partial charge in [0.15, 0.2) is 0 Å². The Balaban J connectivity index is 1.66. The van der Waals surface area contributed by atoms with Crippen molar-refractivity contribution in [3.63, 3.8) is 0 Å². The van der Waals surface area contributed by atoms with Gasteiger partial charge in [0.2, 0.25) is 10.0 Å². The maximum atomic E-state index is 13.4. The van der Waals surface area contributed by atoms with E-state index in [1.807, 2.05) is 13.8 Å². The smallest absolute Gasteiger partial charge is 0.481 e. The van der Waals surface area contributed by atoms with Crippen LogP contribution in [0, 0.1) is 6.92 Å². The van der Waals surface area contributed by atoms with E-state index < -0.39 is 22.4 Å². The zero-order valence-corrected chi connectivity index (χ0v) is 20.6. The molecule has 7 nitrogen and oxygen atoms in total. The van der Waals surface area contributed by atoms with E-state index in [2.05, 4.69) is 9.64 Å². The zero-order valence-electron chi connectivity index (χ0n) is 19.7. The third-order valence-corrected chi connectivity index (χ3v) is 8.15. The van der Waals surface area contributed by atoms with Crippen LogP contribution in [-0.4, -0.2) is 66.8 Å². The minimum Gasteiger partial charge on any atom is -0.481 e. The van der Waals surface area contributed by atoms with Gasteiger partial charge in [-0.15, -0.1) is 13.2 Å². The molecule has 1 aliphatic heterocycles. The van der Waals surface area contributed by atoms with E-state index in [1.165, 1.54) is 28.6 Å². The first-order valence-corrected chi connectivity index (χ1v) is 12.6. The van der Waals surface area contributed by atoms with Crippen molar-refractivity contribution in [1.29, 1.82) is 0 Å². The van der Waals surface area contributed by atoms with Gasteiger partial charge in [-0.25, -0.2) is 8.42 Å². The molecule has 0 spiro atoms. The number of benzene rings is 2. The lowest BCUT2D eigenvalue weighted by Crippen LogP contribution is -2.58. The van der Waals surface area contributed by atoms with E-state index in [0.29, 0.717) is 31.6 Å². The van der Waals surface area contributed by atoms with Crippen LogP contribution in [0.1, 0.15) is 30.5 Å². The monoisotopic (exact) mass is 514 g/mol. The molecule has 1 fully saturated rings. The van der Waals surface area contributed by atoms with Gasteiger partial charge in [0, 0.05) is 31.7 Å². The van der Waals surface area contributed by atoms with E-state index in [9.17, 15) is 26.4 Å². The van der Waals surface area contributed by atoms with Crippen LogP contribution in [0.4, 0.5) is 13.2 Å². The molecule has 0 amide bonds. The summed E-state index contributed by atoms with van der Waals surface area (Å²) in [5.74, 6) is -1.30. The number of nitrogens with zero attached hydrogens (tertiary/aromatic N) is 2. The second kappa shape index (κ2) is 10.5. The number of carbonyl (C=O) groups is 1.